The summed E-state index contributed by atoms with van der Waals surface area (Å²) in [6.07, 6.45) is 0. The highest BCUT2D eigenvalue weighted by molar-refractivity contribution is 7.91. The van der Waals surface area contributed by atoms with E-state index in [-0.39, 0.29) is 12.4 Å². The van der Waals surface area contributed by atoms with Crippen LogP contribution in [-0.4, -0.2) is 37.2 Å². The minimum Gasteiger partial charge on any atom is -0.462 e. The van der Waals surface area contributed by atoms with Crippen molar-refractivity contribution in [1.29, 1.82) is 0 Å². The molecule has 0 aliphatic carbocycles. The maximum absolute atomic E-state index is 12.4. The molecule has 30 heavy (non-hydrogen) atoms. The predicted octanol–water partition coefficient (Wildman–Crippen LogP) is 2.94. The zero-order chi connectivity index (χ0) is 21.7. The summed E-state index contributed by atoms with van der Waals surface area (Å²) < 4.78 is 32.3. The summed E-state index contributed by atoms with van der Waals surface area (Å²) in [5.41, 5.74) is 1.86. The number of aryl methyl sites for hydroxylation is 1. The molecule has 3 aromatic rings. The van der Waals surface area contributed by atoms with Gasteiger partial charge in [-0.05, 0) is 37.6 Å². The van der Waals surface area contributed by atoms with Crippen LogP contribution in [0.1, 0.15) is 29.8 Å². The van der Waals surface area contributed by atoms with Gasteiger partial charge in [0.25, 0.3) is 5.91 Å². The fourth-order valence-electron chi connectivity index (χ4n) is 3.01. The maximum Gasteiger partial charge on any atom is 0.338 e. The molecule has 3 rings (SSSR count). The first kappa shape index (κ1) is 21.9. The fraction of sp³-hybridized carbons (Fsp3) is 0.286. The number of aromatic nitrogens is 1. The minimum absolute atomic E-state index is 0.210. The Balaban J connectivity index is 1.88. The van der Waals surface area contributed by atoms with Crippen molar-refractivity contribution in [3.8, 4) is 0 Å². The number of esters is 1. The third kappa shape index (κ3) is 5.22. The first-order valence-corrected chi connectivity index (χ1v) is 12.1. The Hall–Kier alpha value is -2.78. The van der Waals surface area contributed by atoms with Crippen molar-refractivity contribution in [3.05, 3.63) is 64.5 Å². The summed E-state index contributed by atoms with van der Waals surface area (Å²) in [5, 5.41) is 0. The van der Waals surface area contributed by atoms with Gasteiger partial charge in [-0.15, -0.1) is 0 Å². The molecular weight excluding hydrogens is 424 g/mol. The van der Waals surface area contributed by atoms with Crippen LogP contribution < -0.4 is 4.80 Å². The van der Waals surface area contributed by atoms with E-state index < -0.39 is 27.5 Å². The van der Waals surface area contributed by atoms with E-state index in [9.17, 15) is 18.0 Å². The second kappa shape index (κ2) is 9.36. The van der Waals surface area contributed by atoms with Gasteiger partial charge in [-0.2, -0.15) is 4.99 Å². The number of nitrogens with zero attached hydrogens (tertiary/aromatic N) is 2. The van der Waals surface area contributed by atoms with Gasteiger partial charge in [-0.3, -0.25) is 4.79 Å². The highest BCUT2D eigenvalue weighted by atomic mass is 32.2. The number of hydrogen-bond donors (Lipinski definition) is 0. The highest BCUT2D eigenvalue weighted by Crippen LogP contribution is 2.20. The minimum atomic E-state index is -3.64. The van der Waals surface area contributed by atoms with Crippen LogP contribution in [0.3, 0.4) is 0 Å². The first-order chi connectivity index (χ1) is 14.3. The van der Waals surface area contributed by atoms with Gasteiger partial charge >= 0.3 is 5.97 Å². The monoisotopic (exact) mass is 446 g/mol. The second-order valence-electron chi connectivity index (χ2n) is 6.56. The van der Waals surface area contributed by atoms with Gasteiger partial charge in [-0.25, -0.2) is 13.2 Å². The topological polar surface area (TPSA) is 94.8 Å². The number of ether oxygens (including phenoxy) is 1. The zero-order valence-corrected chi connectivity index (χ0v) is 18.3. The quantitative estimate of drug-likeness (QED) is 0.520. The molecule has 7 nitrogen and oxygen atoms in total. The van der Waals surface area contributed by atoms with Crippen molar-refractivity contribution >= 4 is 43.3 Å². The van der Waals surface area contributed by atoms with Crippen LogP contribution in [0.25, 0.3) is 10.2 Å². The molecule has 0 saturated carbocycles. The number of rotatable bonds is 7. The molecule has 1 heterocycles. The normalized spacial score (nSPS) is 12.3. The number of hydrogen-bond acceptors (Lipinski definition) is 6. The molecule has 0 bridgehead atoms. The van der Waals surface area contributed by atoms with Crippen LogP contribution in [0.15, 0.2) is 53.5 Å². The number of thiazole rings is 1. The smallest absolute Gasteiger partial charge is 0.338 e. The molecule has 0 N–H and O–H groups in total. The number of amides is 1. The van der Waals surface area contributed by atoms with Crippen molar-refractivity contribution in [2.75, 3.05) is 12.4 Å². The molecule has 0 aliphatic heterocycles. The molecule has 0 fully saturated rings. The van der Waals surface area contributed by atoms with Crippen molar-refractivity contribution in [2.24, 2.45) is 4.99 Å². The van der Waals surface area contributed by atoms with E-state index in [1.165, 1.54) is 11.3 Å². The molecule has 0 saturated heterocycles. The van der Waals surface area contributed by atoms with Gasteiger partial charge in [0.15, 0.2) is 14.6 Å². The van der Waals surface area contributed by atoms with Crippen LogP contribution in [0.2, 0.25) is 0 Å². The lowest BCUT2D eigenvalue weighted by Gasteiger charge is -2.03. The first-order valence-electron chi connectivity index (χ1n) is 9.45. The number of carbonyl (C=O) groups is 2. The van der Waals surface area contributed by atoms with Crippen LogP contribution in [-0.2, 0) is 31.7 Å². The molecule has 0 aliphatic rings. The second-order valence-corrected chi connectivity index (χ2v) is 9.63. The predicted molar refractivity (Wildman–Crippen MR) is 116 cm³/mol. The molecule has 1 aromatic heterocycles. The van der Waals surface area contributed by atoms with E-state index in [0.717, 1.165) is 10.2 Å². The van der Waals surface area contributed by atoms with Gasteiger partial charge < -0.3 is 9.30 Å². The summed E-state index contributed by atoms with van der Waals surface area (Å²) in [7, 11) is -3.64. The SMILES string of the molecule is CCOC(=O)c1ccc2c(c1)sc(=NC(=O)CS(=O)(=O)Cc1ccccc1)n2CC. The van der Waals surface area contributed by atoms with Crippen molar-refractivity contribution in [2.45, 2.75) is 26.1 Å². The summed E-state index contributed by atoms with van der Waals surface area (Å²) >= 11 is 1.23. The van der Waals surface area contributed by atoms with E-state index in [4.69, 9.17) is 4.74 Å². The van der Waals surface area contributed by atoms with Crippen molar-refractivity contribution in [1.82, 2.24) is 4.57 Å². The van der Waals surface area contributed by atoms with E-state index in [0.29, 0.717) is 22.5 Å². The number of fused-ring (bicyclic) bond motifs is 1. The van der Waals surface area contributed by atoms with E-state index in [1.807, 2.05) is 11.5 Å². The van der Waals surface area contributed by atoms with E-state index in [2.05, 4.69) is 4.99 Å². The molecule has 0 radical (unpaired) electrons. The molecule has 2 aromatic carbocycles. The summed E-state index contributed by atoms with van der Waals surface area (Å²) in [4.78, 5) is 28.8. The fourth-order valence-corrected chi connectivity index (χ4v) is 5.41. The largest absolute Gasteiger partial charge is 0.462 e. The van der Waals surface area contributed by atoms with Gasteiger partial charge in [0, 0.05) is 6.54 Å². The summed E-state index contributed by atoms with van der Waals surface area (Å²) in [6, 6.07) is 13.8. The van der Waals surface area contributed by atoms with E-state index >= 15 is 0 Å². The van der Waals surface area contributed by atoms with Crippen molar-refractivity contribution < 1.29 is 22.7 Å². The van der Waals surface area contributed by atoms with Gasteiger partial charge in [0.1, 0.15) is 5.75 Å². The average molecular weight is 447 g/mol. The molecule has 1 amide bonds. The number of sulfone groups is 1. The Morgan fingerprint density at radius 2 is 1.83 bits per heavy atom. The lowest BCUT2D eigenvalue weighted by atomic mass is 10.2. The third-order valence-electron chi connectivity index (χ3n) is 4.30. The average Bonchev–Trinajstić information content (AvgIpc) is 3.03. The van der Waals surface area contributed by atoms with Crippen LogP contribution in [0.5, 0.6) is 0 Å². The number of carbonyl (C=O) groups excluding carboxylic acids is 2. The molecule has 0 atom stereocenters. The Kier molecular flexibility index (Phi) is 6.84. The maximum atomic E-state index is 12.4. The molecule has 0 spiro atoms. The van der Waals surface area contributed by atoms with Crippen molar-refractivity contribution in [3.63, 3.8) is 0 Å². The van der Waals surface area contributed by atoms with Gasteiger partial charge in [0.05, 0.1) is 28.1 Å². The Labute approximate surface area is 178 Å². The molecular formula is C21H22N2O5S2. The van der Waals surface area contributed by atoms with Gasteiger partial charge in [-0.1, -0.05) is 41.7 Å². The summed E-state index contributed by atoms with van der Waals surface area (Å²) in [6.45, 7) is 4.46. The Morgan fingerprint density at radius 1 is 1.10 bits per heavy atom. The van der Waals surface area contributed by atoms with Crippen LogP contribution >= 0.6 is 11.3 Å². The standard InChI is InChI=1S/C21H22N2O5S2/c1-3-23-17-11-10-16(20(25)28-4-2)12-18(17)29-21(23)22-19(24)14-30(26,27)13-15-8-6-5-7-9-15/h5-12H,3-4,13-14H2,1-2H3. The lowest BCUT2D eigenvalue weighted by Crippen LogP contribution is -2.21. The lowest BCUT2D eigenvalue weighted by molar-refractivity contribution is -0.115. The Bertz CT molecular complexity index is 1240. The summed E-state index contributed by atoms with van der Waals surface area (Å²) in [5.74, 6) is -2.01. The molecule has 158 valence electrons. The third-order valence-corrected chi connectivity index (χ3v) is 6.80. The van der Waals surface area contributed by atoms with Gasteiger partial charge in [0.2, 0.25) is 0 Å². The van der Waals surface area contributed by atoms with E-state index in [1.54, 1.807) is 55.5 Å². The number of benzene rings is 2. The van der Waals surface area contributed by atoms with Crippen LogP contribution in [0, 0.1) is 0 Å². The zero-order valence-electron chi connectivity index (χ0n) is 16.7. The molecule has 0 unspecified atom stereocenters. The highest BCUT2D eigenvalue weighted by Gasteiger charge is 2.18. The molecule has 9 heteroatoms. The Morgan fingerprint density at radius 3 is 2.50 bits per heavy atom. The van der Waals surface area contributed by atoms with Crippen LogP contribution in [0.4, 0.5) is 0 Å².